The maximum absolute atomic E-state index is 13.4. The zero-order chi connectivity index (χ0) is 21.5. The van der Waals surface area contributed by atoms with Crippen LogP contribution in [0, 0.1) is 12.7 Å². The quantitative estimate of drug-likeness (QED) is 0.435. The van der Waals surface area contributed by atoms with Gasteiger partial charge in [-0.3, -0.25) is 9.89 Å². The number of hydrogen-bond acceptors (Lipinski definition) is 2. The summed E-state index contributed by atoms with van der Waals surface area (Å²) in [5, 5.41) is 8.07. The van der Waals surface area contributed by atoms with Crippen molar-refractivity contribution in [3.63, 3.8) is 0 Å². The third-order valence-electron chi connectivity index (χ3n) is 5.64. The van der Waals surface area contributed by atoms with Gasteiger partial charge in [0.15, 0.2) is 0 Å². The van der Waals surface area contributed by atoms with Crippen LogP contribution >= 0.6 is 11.6 Å². The van der Waals surface area contributed by atoms with Gasteiger partial charge in [-0.2, -0.15) is 5.10 Å². The number of aryl methyl sites for hydroxylation is 1. The molecular formula is C25H19ClFN3O. The number of carbonyl (C=O) groups excluding carboxylic acids is 1. The van der Waals surface area contributed by atoms with Gasteiger partial charge in [0.05, 0.1) is 11.7 Å². The molecule has 2 heterocycles. The van der Waals surface area contributed by atoms with Crippen molar-refractivity contribution in [2.45, 2.75) is 19.5 Å². The van der Waals surface area contributed by atoms with Crippen LogP contribution in [0.25, 0.3) is 11.3 Å². The van der Waals surface area contributed by atoms with Gasteiger partial charge in [0, 0.05) is 22.7 Å². The summed E-state index contributed by atoms with van der Waals surface area (Å²) in [5.74, 6) is -0.438. The van der Waals surface area contributed by atoms with Crippen molar-refractivity contribution >= 4 is 17.5 Å². The maximum atomic E-state index is 13.4. The number of rotatable bonds is 4. The smallest absolute Gasteiger partial charge is 0.273 e. The topological polar surface area (TPSA) is 49.0 Å². The molecule has 1 unspecified atom stereocenters. The van der Waals surface area contributed by atoms with E-state index in [1.807, 2.05) is 55.5 Å². The summed E-state index contributed by atoms with van der Waals surface area (Å²) < 4.78 is 13.4. The highest BCUT2D eigenvalue weighted by Gasteiger charge is 2.42. The lowest BCUT2D eigenvalue weighted by atomic mass is 9.95. The Labute approximate surface area is 184 Å². The van der Waals surface area contributed by atoms with Crippen LogP contribution in [-0.4, -0.2) is 21.0 Å². The fraction of sp³-hybridized carbons (Fsp3) is 0.120. The first kappa shape index (κ1) is 19.5. The van der Waals surface area contributed by atoms with E-state index in [2.05, 4.69) is 10.2 Å². The van der Waals surface area contributed by atoms with Gasteiger partial charge < -0.3 is 4.90 Å². The van der Waals surface area contributed by atoms with Crippen LogP contribution < -0.4 is 0 Å². The molecule has 31 heavy (non-hydrogen) atoms. The van der Waals surface area contributed by atoms with Gasteiger partial charge in [-0.25, -0.2) is 4.39 Å². The number of fused-ring (bicyclic) bond motifs is 1. The summed E-state index contributed by atoms with van der Waals surface area (Å²) in [6, 6.07) is 21.5. The van der Waals surface area contributed by atoms with Gasteiger partial charge in [0.25, 0.3) is 5.91 Å². The molecule has 0 aliphatic carbocycles. The molecule has 0 fully saturated rings. The molecule has 0 saturated heterocycles. The van der Waals surface area contributed by atoms with E-state index < -0.39 is 0 Å². The highest BCUT2D eigenvalue weighted by molar-refractivity contribution is 6.30. The van der Waals surface area contributed by atoms with E-state index in [1.54, 1.807) is 17.0 Å². The normalized spacial score (nSPS) is 15.4. The molecule has 1 atom stereocenters. The second-order valence-electron chi connectivity index (χ2n) is 7.74. The molecule has 0 spiro atoms. The zero-order valence-electron chi connectivity index (χ0n) is 16.8. The van der Waals surface area contributed by atoms with Crippen molar-refractivity contribution in [1.29, 1.82) is 0 Å². The van der Waals surface area contributed by atoms with E-state index in [0.29, 0.717) is 17.3 Å². The molecular weight excluding hydrogens is 413 g/mol. The summed E-state index contributed by atoms with van der Waals surface area (Å²) in [7, 11) is 0. The number of nitrogens with one attached hydrogen (secondary N) is 1. The van der Waals surface area contributed by atoms with Crippen molar-refractivity contribution < 1.29 is 9.18 Å². The fourth-order valence-electron chi connectivity index (χ4n) is 4.07. The van der Waals surface area contributed by atoms with Crippen LogP contribution in [0.4, 0.5) is 4.39 Å². The minimum atomic E-state index is -0.333. The van der Waals surface area contributed by atoms with E-state index in [1.165, 1.54) is 12.1 Å². The summed E-state index contributed by atoms with van der Waals surface area (Å²) in [6.45, 7) is 2.38. The summed E-state index contributed by atoms with van der Waals surface area (Å²) in [6.07, 6.45) is 0. The Bertz CT molecular complexity index is 1250. The molecule has 1 aliphatic rings. The Morgan fingerprint density at radius 3 is 2.35 bits per heavy atom. The van der Waals surface area contributed by atoms with Crippen LogP contribution in [0.5, 0.6) is 0 Å². The molecule has 0 saturated carbocycles. The first-order valence-electron chi connectivity index (χ1n) is 9.97. The molecule has 0 bridgehead atoms. The number of nitrogens with zero attached hydrogens (tertiary/aromatic N) is 2. The molecule has 0 radical (unpaired) electrons. The average molecular weight is 432 g/mol. The second-order valence-corrected chi connectivity index (χ2v) is 8.18. The first-order chi connectivity index (χ1) is 15.0. The van der Waals surface area contributed by atoms with Crippen LogP contribution in [0.1, 0.15) is 38.8 Å². The summed E-state index contributed by atoms with van der Waals surface area (Å²) in [5.41, 5.74) is 5.97. The van der Waals surface area contributed by atoms with E-state index in [4.69, 9.17) is 11.6 Å². The van der Waals surface area contributed by atoms with Crippen molar-refractivity contribution in [3.8, 4) is 11.3 Å². The highest BCUT2D eigenvalue weighted by atomic mass is 35.5. The number of H-pyrrole nitrogens is 1. The SMILES string of the molecule is Cc1ccc(-c2n[nH]c3c2C(c2ccc(Cl)cc2)N(Cc2ccc(F)cc2)C3=O)cc1. The lowest BCUT2D eigenvalue weighted by Crippen LogP contribution is -2.29. The first-order valence-corrected chi connectivity index (χ1v) is 10.4. The monoisotopic (exact) mass is 431 g/mol. The molecule has 4 nitrogen and oxygen atoms in total. The van der Waals surface area contributed by atoms with Gasteiger partial charge in [-0.1, -0.05) is 65.7 Å². The average Bonchev–Trinajstić information content (AvgIpc) is 3.31. The molecule has 3 aromatic carbocycles. The number of benzene rings is 3. The second kappa shape index (κ2) is 7.67. The van der Waals surface area contributed by atoms with E-state index >= 15 is 0 Å². The molecule has 1 aromatic heterocycles. The number of aromatic amines is 1. The molecule has 6 heteroatoms. The number of aromatic nitrogens is 2. The molecule has 154 valence electrons. The zero-order valence-corrected chi connectivity index (χ0v) is 17.5. The van der Waals surface area contributed by atoms with Gasteiger partial charge >= 0.3 is 0 Å². The molecule has 5 rings (SSSR count). The maximum Gasteiger partial charge on any atom is 0.273 e. The summed E-state index contributed by atoms with van der Waals surface area (Å²) in [4.78, 5) is 15.2. The van der Waals surface area contributed by atoms with Crippen LogP contribution in [0.15, 0.2) is 72.8 Å². The highest BCUT2D eigenvalue weighted by Crippen LogP contribution is 2.43. The number of carbonyl (C=O) groups is 1. The minimum Gasteiger partial charge on any atom is -0.322 e. The van der Waals surface area contributed by atoms with E-state index in [-0.39, 0.29) is 17.8 Å². The predicted molar refractivity (Wildman–Crippen MR) is 118 cm³/mol. The molecule has 1 N–H and O–H groups in total. The Balaban J connectivity index is 1.63. The van der Waals surface area contributed by atoms with E-state index in [9.17, 15) is 9.18 Å². The van der Waals surface area contributed by atoms with Crippen LogP contribution in [0.2, 0.25) is 5.02 Å². The minimum absolute atomic E-state index is 0.134. The lowest BCUT2D eigenvalue weighted by molar-refractivity contribution is 0.0730. The predicted octanol–water partition coefficient (Wildman–Crippen LogP) is 5.92. The van der Waals surface area contributed by atoms with Gasteiger partial charge in [-0.15, -0.1) is 0 Å². The van der Waals surface area contributed by atoms with Crippen LogP contribution in [-0.2, 0) is 6.54 Å². The van der Waals surface area contributed by atoms with Gasteiger partial charge in [-0.05, 0) is 42.3 Å². The van der Waals surface area contributed by atoms with Crippen LogP contribution in [0.3, 0.4) is 0 Å². The largest absolute Gasteiger partial charge is 0.322 e. The third-order valence-corrected chi connectivity index (χ3v) is 5.89. The number of halogens is 2. The van der Waals surface area contributed by atoms with Crippen molar-refractivity contribution in [3.05, 3.63) is 112 Å². The lowest BCUT2D eigenvalue weighted by Gasteiger charge is -2.26. The number of amides is 1. The van der Waals surface area contributed by atoms with Crippen molar-refractivity contribution in [2.24, 2.45) is 0 Å². The molecule has 4 aromatic rings. The Morgan fingerprint density at radius 1 is 1.00 bits per heavy atom. The standard InChI is InChI=1S/C25H19ClFN3O/c1-15-2-6-17(7-3-15)22-21-23(29-28-22)25(31)30(14-16-4-12-20(27)13-5-16)24(21)18-8-10-19(26)11-9-18/h2-13,24H,14H2,1H3,(H,28,29). The van der Waals surface area contributed by atoms with Crippen molar-refractivity contribution in [1.82, 2.24) is 15.1 Å². The van der Waals surface area contributed by atoms with E-state index in [0.717, 1.165) is 33.5 Å². The molecule has 1 aliphatic heterocycles. The molecule has 1 amide bonds. The Morgan fingerprint density at radius 2 is 1.68 bits per heavy atom. The van der Waals surface area contributed by atoms with Gasteiger partial charge in [0.2, 0.25) is 0 Å². The summed E-state index contributed by atoms with van der Waals surface area (Å²) >= 11 is 6.11. The van der Waals surface area contributed by atoms with Crippen molar-refractivity contribution in [2.75, 3.05) is 0 Å². The third kappa shape index (κ3) is 3.51. The Kier molecular flexibility index (Phi) is 4.83. The van der Waals surface area contributed by atoms with Gasteiger partial charge in [0.1, 0.15) is 11.5 Å². The fourth-order valence-corrected chi connectivity index (χ4v) is 4.20. The number of hydrogen-bond donors (Lipinski definition) is 1. The Hall–Kier alpha value is -3.44.